The van der Waals surface area contributed by atoms with Crippen molar-refractivity contribution in [3.63, 3.8) is 0 Å². The van der Waals surface area contributed by atoms with E-state index in [9.17, 15) is 18.5 Å². The molecule has 0 aromatic heterocycles. The molecule has 0 spiro atoms. The molecule has 0 aliphatic rings. The Bertz CT molecular complexity index is 561. The van der Waals surface area contributed by atoms with E-state index in [0.29, 0.717) is 12.3 Å². The summed E-state index contributed by atoms with van der Waals surface area (Å²) in [6.07, 6.45) is 0.471. The first kappa shape index (κ1) is 15.7. The number of hydrogen-bond donors (Lipinski definition) is 1. The summed E-state index contributed by atoms with van der Waals surface area (Å²) in [5.74, 6) is 0.329. The molecule has 0 saturated heterocycles. The molecule has 0 aliphatic heterocycles. The summed E-state index contributed by atoms with van der Waals surface area (Å²) < 4.78 is 30.8. The van der Waals surface area contributed by atoms with Crippen LogP contribution in [0, 0.1) is 10.1 Å². The van der Waals surface area contributed by atoms with Gasteiger partial charge in [0.25, 0.3) is 0 Å². The zero-order valence-corrected chi connectivity index (χ0v) is 11.7. The van der Waals surface area contributed by atoms with E-state index < -0.39 is 20.6 Å². The molecule has 0 saturated carbocycles. The van der Waals surface area contributed by atoms with E-state index in [1.807, 2.05) is 0 Å². The summed E-state index contributed by atoms with van der Waals surface area (Å²) in [7, 11) is -2.51. The van der Waals surface area contributed by atoms with E-state index >= 15 is 0 Å². The average molecular weight is 309 g/mol. The Kier molecular flexibility index (Phi) is 5.52. The number of alkyl halides is 1. The van der Waals surface area contributed by atoms with Crippen molar-refractivity contribution < 1.29 is 18.1 Å². The predicted octanol–water partition coefficient (Wildman–Crippen LogP) is 1.51. The molecule has 1 rings (SSSR count). The van der Waals surface area contributed by atoms with Crippen LogP contribution in [0.3, 0.4) is 0 Å². The highest BCUT2D eigenvalue weighted by atomic mass is 35.5. The summed E-state index contributed by atoms with van der Waals surface area (Å²) in [4.78, 5) is 9.93. The van der Waals surface area contributed by atoms with Crippen LogP contribution < -0.4 is 9.46 Å². The number of nitro benzene ring substituents is 1. The highest BCUT2D eigenvalue weighted by Crippen LogP contribution is 2.29. The monoisotopic (exact) mass is 308 g/mol. The van der Waals surface area contributed by atoms with Crippen molar-refractivity contribution in [2.75, 3.05) is 19.5 Å². The molecule has 7 nitrogen and oxygen atoms in total. The van der Waals surface area contributed by atoms with Gasteiger partial charge in [0.15, 0.2) is 5.75 Å². The Morgan fingerprint density at radius 3 is 2.68 bits per heavy atom. The van der Waals surface area contributed by atoms with Crippen LogP contribution in [0.2, 0.25) is 0 Å². The summed E-state index contributed by atoms with van der Waals surface area (Å²) in [6, 6.07) is 3.45. The lowest BCUT2D eigenvalue weighted by molar-refractivity contribution is -0.386. The topological polar surface area (TPSA) is 98.5 Å². The minimum Gasteiger partial charge on any atom is -0.490 e. The van der Waals surface area contributed by atoms with Crippen LogP contribution in [0.4, 0.5) is 5.69 Å². The van der Waals surface area contributed by atoms with Crippen LogP contribution in [-0.2, 0) is 10.0 Å². The lowest BCUT2D eigenvalue weighted by Crippen LogP contribution is -2.25. The second-order valence-corrected chi connectivity index (χ2v) is 5.68. The quantitative estimate of drug-likeness (QED) is 0.356. The van der Waals surface area contributed by atoms with Crippen molar-refractivity contribution in [1.29, 1.82) is 0 Å². The first-order valence-electron chi connectivity index (χ1n) is 5.30. The maximum atomic E-state index is 11.9. The Balaban J connectivity index is 3.07. The fraction of sp³-hybridized carbons (Fsp3) is 0.400. The number of rotatable bonds is 7. The van der Waals surface area contributed by atoms with Gasteiger partial charge in [0.2, 0.25) is 10.0 Å². The van der Waals surface area contributed by atoms with Gasteiger partial charge in [-0.2, -0.15) is 0 Å². The highest BCUT2D eigenvalue weighted by molar-refractivity contribution is 7.89. The Labute approximate surface area is 115 Å². The molecule has 106 valence electrons. The zero-order valence-electron chi connectivity index (χ0n) is 10.1. The molecule has 1 aromatic carbocycles. The van der Waals surface area contributed by atoms with E-state index in [1.54, 1.807) is 0 Å². The lowest BCUT2D eigenvalue weighted by Gasteiger charge is -2.07. The number of sulfonamides is 1. The van der Waals surface area contributed by atoms with Crippen LogP contribution >= 0.6 is 11.6 Å². The second kappa shape index (κ2) is 6.69. The van der Waals surface area contributed by atoms with Crippen molar-refractivity contribution >= 4 is 27.3 Å². The molecule has 19 heavy (non-hydrogen) atoms. The summed E-state index contributed by atoms with van der Waals surface area (Å²) in [6.45, 7) is 0.172. The van der Waals surface area contributed by atoms with Gasteiger partial charge in [0.05, 0.1) is 16.9 Å². The van der Waals surface area contributed by atoms with Crippen molar-refractivity contribution in [2.45, 2.75) is 11.3 Å². The molecule has 1 N–H and O–H groups in total. The van der Waals surface area contributed by atoms with Gasteiger partial charge < -0.3 is 4.74 Å². The van der Waals surface area contributed by atoms with Gasteiger partial charge in [-0.05, 0) is 18.6 Å². The summed E-state index contributed by atoms with van der Waals surface area (Å²) in [5.41, 5.74) is -0.400. The first-order valence-corrected chi connectivity index (χ1v) is 7.32. The number of nitro groups is 1. The molecule has 9 heteroatoms. The van der Waals surface area contributed by atoms with E-state index in [2.05, 4.69) is 4.72 Å². The summed E-state index contributed by atoms with van der Waals surface area (Å²) in [5, 5.41) is 10.8. The predicted molar refractivity (Wildman–Crippen MR) is 70.2 cm³/mol. The number of methoxy groups -OCH3 is 1. The van der Waals surface area contributed by atoms with E-state index in [1.165, 1.54) is 19.2 Å². The van der Waals surface area contributed by atoms with E-state index in [-0.39, 0.29) is 17.2 Å². The molecule has 0 unspecified atom stereocenters. The maximum Gasteiger partial charge on any atom is 0.312 e. The van der Waals surface area contributed by atoms with Crippen LogP contribution in [0.25, 0.3) is 0 Å². The Morgan fingerprint density at radius 2 is 2.16 bits per heavy atom. The van der Waals surface area contributed by atoms with Crippen LogP contribution in [0.15, 0.2) is 23.1 Å². The van der Waals surface area contributed by atoms with Gasteiger partial charge in [0.1, 0.15) is 0 Å². The molecule has 0 amide bonds. The number of ether oxygens (including phenoxy) is 1. The maximum absolute atomic E-state index is 11.9. The Hall–Kier alpha value is -1.38. The highest BCUT2D eigenvalue weighted by Gasteiger charge is 2.21. The third-order valence-corrected chi connectivity index (χ3v) is 3.99. The van der Waals surface area contributed by atoms with Gasteiger partial charge >= 0.3 is 5.69 Å². The van der Waals surface area contributed by atoms with Crippen molar-refractivity contribution in [1.82, 2.24) is 4.72 Å². The number of nitrogens with one attached hydrogen (secondary N) is 1. The molecular weight excluding hydrogens is 296 g/mol. The smallest absolute Gasteiger partial charge is 0.312 e. The van der Waals surface area contributed by atoms with E-state index in [0.717, 1.165) is 6.07 Å². The minimum atomic E-state index is -3.78. The molecule has 0 heterocycles. The van der Waals surface area contributed by atoms with Gasteiger partial charge in [-0.25, -0.2) is 13.1 Å². The minimum absolute atomic E-state index is 0.00436. The van der Waals surface area contributed by atoms with Gasteiger partial charge in [-0.3, -0.25) is 10.1 Å². The van der Waals surface area contributed by atoms with Crippen molar-refractivity contribution in [3.05, 3.63) is 28.3 Å². The average Bonchev–Trinajstić information content (AvgIpc) is 2.38. The SMILES string of the molecule is COc1ccc(S(=O)(=O)NCCCCl)cc1[N+](=O)[O-]. The third-order valence-electron chi connectivity index (χ3n) is 2.26. The van der Waals surface area contributed by atoms with Crippen LogP contribution in [0.5, 0.6) is 5.75 Å². The molecule has 0 aliphatic carbocycles. The second-order valence-electron chi connectivity index (χ2n) is 3.53. The van der Waals surface area contributed by atoms with Crippen molar-refractivity contribution in [2.24, 2.45) is 0 Å². The molecule has 0 atom stereocenters. The number of halogens is 1. The lowest BCUT2D eigenvalue weighted by atomic mass is 10.3. The molecular formula is C10H13ClN2O5S. The molecule has 0 fully saturated rings. The molecule has 0 radical (unpaired) electrons. The largest absolute Gasteiger partial charge is 0.490 e. The Morgan fingerprint density at radius 1 is 1.47 bits per heavy atom. The zero-order chi connectivity index (χ0) is 14.5. The standard InChI is InChI=1S/C10H13ClN2O5S/c1-18-10-4-3-8(7-9(10)13(14)15)19(16,17)12-6-2-5-11/h3-4,7,12H,2,5-6H2,1H3. The molecule has 1 aromatic rings. The first-order chi connectivity index (χ1) is 8.92. The van der Waals surface area contributed by atoms with Crippen molar-refractivity contribution in [3.8, 4) is 5.75 Å². The normalized spacial score (nSPS) is 11.3. The third kappa shape index (κ3) is 4.05. The van der Waals surface area contributed by atoms with E-state index in [4.69, 9.17) is 16.3 Å². The van der Waals surface area contributed by atoms with Gasteiger partial charge in [-0.15, -0.1) is 11.6 Å². The number of benzene rings is 1. The fourth-order valence-corrected chi connectivity index (χ4v) is 2.56. The van der Waals surface area contributed by atoms with Gasteiger partial charge in [-0.1, -0.05) is 0 Å². The number of nitrogens with zero attached hydrogens (tertiary/aromatic N) is 1. The molecule has 0 bridgehead atoms. The van der Waals surface area contributed by atoms with Crippen LogP contribution in [-0.4, -0.2) is 32.9 Å². The number of hydrogen-bond acceptors (Lipinski definition) is 5. The fourth-order valence-electron chi connectivity index (χ4n) is 1.34. The van der Waals surface area contributed by atoms with Crippen LogP contribution in [0.1, 0.15) is 6.42 Å². The summed E-state index contributed by atoms with van der Waals surface area (Å²) >= 11 is 5.44. The van der Waals surface area contributed by atoms with Gasteiger partial charge in [0, 0.05) is 18.5 Å².